The molecule has 7 heteroatoms. The van der Waals surface area contributed by atoms with Gasteiger partial charge in [0.15, 0.2) is 0 Å². The monoisotopic (exact) mass is 304 g/mol. The standard InChI is InChI=1S/C12H17ClN2O3S/c13-11-2-1-3-12(10-11)19(16,17)14-4-5-15-6-8-18-9-7-15/h1-3,10,14H,4-9H2. The Kier molecular flexibility index (Phi) is 5.18. The van der Waals surface area contributed by atoms with E-state index < -0.39 is 10.0 Å². The molecule has 0 bridgehead atoms. The van der Waals surface area contributed by atoms with Gasteiger partial charge in [-0.1, -0.05) is 17.7 Å². The predicted octanol–water partition coefficient (Wildman–Crippen LogP) is 0.950. The highest BCUT2D eigenvalue weighted by Gasteiger charge is 2.15. The number of hydrogen-bond acceptors (Lipinski definition) is 4. The van der Waals surface area contributed by atoms with Gasteiger partial charge in [-0.05, 0) is 18.2 Å². The lowest BCUT2D eigenvalue weighted by Crippen LogP contribution is -2.41. The second-order valence-electron chi connectivity index (χ2n) is 4.31. The van der Waals surface area contributed by atoms with Crippen molar-refractivity contribution >= 4 is 21.6 Å². The molecule has 5 nitrogen and oxygen atoms in total. The highest BCUT2D eigenvalue weighted by Crippen LogP contribution is 2.14. The molecule has 1 aromatic rings. The van der Waals surface area contributed by atoms with Crippen LogP contribution in [0.5, 0.6) is 0 Å². The Labute approximate surface area is 118 Å². The normalized spacial score (nSPS) is 17.5. The summed E-state index contributed by atoms with van der Waals surface area (Å²) >= 11 is 5.79. The molecule has 0 aromatic heterocycles. The van der Waals surface area contributed by atoms with Crippen molar-refractivity contribution in [2.24, 2.45) is 0 Å². The van der Waals surface area contributed by atoms with Gasteiger partial charge in [0.1, 0.15) is 0 Å². The van der Waals surface area contributed by atoms with Crippen molar-refractivity contribution in [1.29, 1.82) is 0 Å². The molecule has 1 fully saturated rings. The number of hydrogen-bond donors (Lipinski definition) is 1. The molecule has 1 aliphatic rings. The van der Waals surface area contributed by atoms with Crippen LogP contribution in [0.15, 0.2) is 29.2 Å². The van der Waals surface area contributed by atoms with Gasteiger partial charge in [-0.25, -0.2) is 13.1 Å². The van der Waals surface area contributed by atoms with E-state index in [9.17, 15) is 8.42 Å². The number of morpholine rings is 1. The summed E-state index contributed by atoms with van der Waals surface area (Å²) in [6.45, 7) is 4.18. The first-order valence-corrected chi connectivity index (χ1v) is 7.99. The lowest BCUT2D eigenvalue weighted by atomic mass is 10.4. The topological polar surface area (TPSA) is 58.6 Å². The van der Waals surface area contributed by atoms with Gasteiger partial charge in [0.05, 0.1) is 18.1 Å². The van der Waals surface area contributed by atoms with Crippen LogP contribution < -0.4 is 4.72 Å². The van der Waals surface area contributed by atoms with Gasteiger partial charge < -0.3 is 4.74 Å². The minimum Gasteiger partial charge on any atom is -0.379 e. The fraction of sp³-hybridized carbons (Fsp3) is 0.500. The van der Waals surface area contributed by atoms with Crippen LogP contribution in [0.1, 0.15) is 0 Å². The fourth-order valence-electron chi connectivity index (χ4n) is 1.88. The van der Waals surface area contributed by atoms with Crippen LogP contribution in [0.2, 0.25) is 5.02 Å². The van der Waals surface area contributed by atoms with Crippen molar-refractivity contribution in [3.05, 3.63) is 29.3 Å². The van der Waals surface area contributed by atoms with Gasteiger partial charge in [0.25, 0.3) is 0 Å². The van der Waals surface area contributed by atoms with Crippen LogP contribution in [0.4, 0.5) is 0 Å². The van der Waals surface area contributed by atoms with Crippen LogP contribution in [0.25, 0.3) is 0 Å². The third kappa shape index (κ3) is 4.43. The van der Waals surface area contributed by atoms with Crippen LogP contribution >= 0.6 is 11.6 Å². The van der Waals surface area contributed by atoms with Gasteiger partial charge >= 0.3 is 0 Å². The molecule has 106 valence electrons. The van der Waals surface area contributed by atoms with Crippen LogP contribution in [0.3, 0.4) is 0 Å². The zero-order valence-electron chi connectivity index (χ0n) is 10.5. The molecule has 0 radical (unpaired) electrons. The molecule has 19 heavy (non-hydrogen) atoms. The SMILES string of the molecule is O=S(=O)(NCCN1CCOCC1)c1cccc(Cl)c1. The minimum atomic E-state index is -3.48. The molecule has 2 rings (SSSR count). The van der Waals surface area contributed by atoms with E-state index in [0.29, 0.717) is 31.3 Å². The number of benzene rings is 1. The molecule has 1 aromatic carbocycles. The summed E-state index contributed by atoms with van der Waals surface area (Å²) < 4.78 is 31.8. The maximum Gasteiger partial charge on any atom is 0.240 e. The molecule has 0 amide bonds. The molecular weight excluding hydrogens is 288 g/mol. The lowest BCUT2D eigenvalue weighted by Gasteiger charge is -2.26. The van der Waals surface area contributed by atoms with Gasteiger partial charge in [0, 0.05) is 31.2 Å². The second kappa shape index (κ2) is 6.67. The first kappa shape index (κ1) is 14.7. The summed E-state index contributed by atoms with van der Waals surface area (Å²) in [5.74, 6) is 0. The molecule has 0 spiro atoms. The Balaban J connectivity index is 1.87. The third-order valence-corrected chi connectivity index (χ3v) is 4.62. The summed E-state index contributed by atoms with van der Waals surface area (Å²) in [5.41, 5.74) is 0. The van der Waals surface area contributed by atoms with Crippen LogP contribution in [-0.4, -0.2) is 52.7 Å². The highest BCUT2D eigenvalue weighted by molar-refractivity contribution is 7.89. The van der Waals surface area contributed by atoms with Gasteiger partial charge in [-0.2, -0.15) is 0 Å². The van der Waals surface area contributed by atoms with Crippen LogP contribution in [-0.2, 0) is 14.8 Å². The molecule has 1 saturated heterocycles. The molecule has 0 aliphatic carbocycles. The first-order valence-electron chi connectivity index (χ1n) is 6.13. The molecule has 0 unspecified atom stereocenters. The number of sulfonamides is 1. The summed E-state index contributed by atoms with van der Waals surface area (Å²) in [4.78, 5) is 2.37. The first-order chi connectivity index (χ1) is 9.08. The fourth-order valence-corrected chi connectivity index (χ4v) is 3.20. The van der Waals surface area contributed by atoms with Crippen molar-refractivity contribution in [2.45, 2.75) is 4.90 Å². The van der Waals surface area contributed by atoms with Crippen molar-refractivity contribution < 1.29 is 13.2 Å². The quantitative estimate of drug-likeness (QED) is 0.880. The minimum absolute atomic E-state index is 0.196. The lowest BCUT2D eigenvalue weighted by molar-refractivity contribution is 0.0390. The van der Waals surface area contributed by atoms with Crippen molar-refractivity contribution in [3.8, 4) is 0 Å². The number of halogens is 1. The molecule has 0 atom stereocenters. The Bertz CT molecular complexity index is 515. The Hall–Kier alpha value is -0.660. The Morgan fingerprint density at radius 2 is 2.05 bits per heavy atom. The van der Waals surface area contributed by atoms with Crippen molar-refractivity contribution in [3.63, 3.8) is 0 Å². The highest BCUT2D eigenvalue weighted by atomic mass is 35.5. The van der Waals surface area contributed by atoms with E-state index in [2.05, 4.69) is 9.62 Å². The second-order valence-corrected chi connectivity index (χ2v) is 6.51. The molecule has 1 N–H and O–H groups in total. The molecule has 0 saturated carbocycles. The largest absolute Gasteiger partial charge is 0.379 e. The smallest absolute Gasteiger partial charge is 0.240 e. The van der Waals surface area contributed by atoms with Gasteiger partial charge in [-0.15, -0.1) is 0 Å². The summed E-state index contributed by atoms with van der Waals surface area (Å²) in [5, 5.41) is 0.413. The van der Waals surface area contributed by atoms with Crippen molar-refractivity contribution in [1.82, 2.24) is 9.62 Å². The zero-order valence-corrected chi connectivity index (χ0v) is 12.1. The summed E-state index contributed by atoms with van der Waals surface area (Å²) in [6, 6.07) is 6.24. The number of nitrogens with one attached hydrogen (secondary N) is 1. The van der Waals surface area contributed by atoms with Gasteiger partial charge in [0.2, 0.25) is 10.0 Å². The van der Waals surface area contributed by atoms with E-state index in [1.54, 1.807) is 12.1 Å². The van der Waals surface area contributed by atoms with E-state index in [1.165, 1.54) is 12.1 Å². The van der Waals surface area contributed by atoms with E-state index in [4.69, 9.17) is 16.3 Å². The maximum absolute atomic E-state index is 12.0. The number of nitrogens with zero attached hydrogens (tertiary/aromatic N) is 1. The number of ether oxygens (including phenoxy) is 1. The van der Waals surface area contributed by atoms with Crippen LogP contribution in [0, 0.1) is 0 Å². The average Bonchev–Trinajstić information content (AvgIpc) is 2.40. The molecule has 1 heterocycles. The summed E-state index contributed by atoms with van der Waals surface area (Å²) in [7, 11) is -3.48. The van der Waals surface area contributed by atoms with E-state index in [-0.39, 0.29) is 4.90 Å². The molecular formula is C12H17ClN2O3S. The van der Waals surface area contributed by atoms with E-state index in [1.807, 2.05) is 0 Å². The Morgan fingerprint density at radius 1 is 1.32 bits per heavy atom. The van der Waals surface area contributed by atoms with E-state index >= 15 is 0 Å². The van der Waals surface area contributed by atoms with E-state index in [0.717, 1.165) is 13.1 Å². The number of rotatable bonds is 5. The third-order valence-electron chi connectivity index (χ3n) is 2.93. The predicted molar refractivity (Wildman–Crippen MR) is 73.9 cm³/mol. The maximum atomic E-state index is 12.0. The zero-order chi connectivity index (χ0) is 13.7. The Morgan fingerprint density at radius 3 is 2.74 bits per heavy atom. The van der Waals surface area contributed by atoms with Crippen molar-refractivity contribution in [2.75, 3.05) is 39.4 Å². The van der Waals surface area contributed by atoms with Gasteiger partial charge in [-0.3, -0.25) is 4.90 Å². The summed E-state index contributed by atoms with van der Waals surface area (Å²) in [6.07, 6.45) is 0. The average molecular weight is 305 g/mol. The molecule has 1 aliphatic heterocycles.